The van der Waals surface area contributed by atoms with E-state index in [1.54, 1.807) is 25.3 Å². The van der Waals surface area contributed by atoms with Crippen LogP contribution >= 0.6 is 27.5 Å². The minimum atomic E-state index is -4.07. The largest absolute Gasteiger partial charge is 0.490 e. The highest BCUT2D eigenvalue weighted by Gasteiger charge is 2.22. The normalized spacial score (nSPS) is 11.6. The number of halogens is 2. The summed E-state index contributed by atoms with van der Waals surface area (Å²) in [6.07, 6.45) is 1.69. The number of rotatable bonds is 7. The predicted molar refractivity (Wildman–Crippen MR) is 123 cm³/mol. The first-order valence-electron chi connectivity index (χ1n) is 9.06. The summed E-state index contributed by atoms with van der Waals surface area (Å²) in [6.45, 7) is 4.12. The Balaban J connectivity index is 1.95. The van der Waals surface area contributed by atoms with Gasteiger partial charge in [-0.1, -0.05) is 29.8 Å². The molecule has 0 aliphatic rings. The maximum Gasteiger partial charge on any atom is 0.339 e. The Bertz CT molecular complexity index is 1180. The van der Waals surface area contributed by atoms with Gasteiger partial charge in [0.05, 0.1) is 16.8 Å². The second-order valence-electron chi connectivity index (χ2n) is 6.30. The van der Waals surface area contributed by atoms with Gasteiger partial charge < -0.3 is 8.92 Å². The summed E-state index contributed by atoms with van der Waals surface area (Å²) in [5.74, 6) is 0.357. The molecule has 0 fully saturated rings. The fraction of sp³-hybridized carbons (Fsp3) is 0.136. The molecule has 3 rings (SSSR count). The summed E-state index contributed by atoms with van der Waals surface area (Å²) in [7, 11) is -4.07. The van der Waals surface area contributed by atoms with Gasteiger partial charge in [-0.2, -0.15) is 8.42 Å². The molecule has 3 aromatic carbocycles. The molecule has 0 aliphatic carbocycles. The molecule has 0 heterocycles. The van der Waals surface area contributed by atoms with E-state index in [2.05, 4.69) is 20.9 Å². The lowest BCUT2D eigenvalue weighted by atomic mass is 10.2. The number of aliphatic imine (C=N–C) groups is 1. The Morgan fingerprint density at radius 1 is 1.10 bits per heavy atom. The molecule has 156 valence electrons. The number of benzene rings is 3. The highest BCUT2D eigenvalue weighted by atomic mass is 79.9. The highest BCUT2D eigenvalue weighted by Crippen LogP contribution is 2.38. The average molecular weight is 509 g/mol. The zero-order valence-corrected chi connectivity index (χ0v) is 19.5. The molecule has 0 aromatic heterocycles. The Morgan fingerprint density at radius 2 is 1.80 bits per heavy atom. The molecule has 0 spiro atoms. The maximum atomic E-state index is 12.7. The van der Waals surface area contributed by atoms with E-state index in [4.69, 9.17) is 20.5 Å². The first-order chi connectivity index (χ1) is 14.3. The molecule has 0 radical (unpaired) electrons. The van der Waals surface area contributed by atoms with Gasteiger partial charge >= 0.3 is 10.1 Å². The van der Waals surface area contributed by atoms with Crippen molar-refractivity contribution in [2.24, 2.45) is 4.99 Å². The summed E-state index contributed by atoms with van der Waals surface area (Å²) in [5.41, 5.74) is 2.62. The Labute approximate surface area is 189 Å². The number of hydrogen-bond donors (Lipinski definition) is 0. The predicted octanol–water partition coefficient (Wildman–Crippen LogP) is 6.33. The first-order valence-corrected chi connectivity index (χ1v) is 11.6. The Hall–Kier alpha value is -2.35. The molecule has 0 N–H and O–H groups in total. The number of ether oxygens (including phenoxy) is 1. The molecular weight excluding hydrogens is 490 g/mol. The second-order valence-corrected chi connectivity index (χ2v) is 9.14. The first kappa shape index (κ1) is 22.3. The van der Waals surface area contributed by atoms with Crippen LogP contribution in [0.25, 0.3) is 0 Å². The van der Waals surface area contributed by atoms with E-state index in [1.807, 2.05) is 31.2 Å². The van der Waals surface area contributed by atoms with Crippen LogP contribution in [0.3, 0.4) is 0 Å². The van der Waals surface area contributed by atoms with Crippen molar-refractivity contribution in [1.82, 2.24) is 0 Å². The summed E-state index contributed by atoms with van der Waals surface area (Å²) < 4.78 is 36.8. The topological polar surface area (TPSA) is 65.0 Å². The van der Waals surface area contributed by atoms with E-state index >= 15 is 0 Å². The van der Waals surface area contributed by atoms with E-state index in [1.165, 1.54) is 24.3 Å². The third kappa shape index (κ3) is 5.41. The van der Waals surface area contributed by atoms with Crippen molar-refractivity contribution in [3.05, 3.63) is 81.3 Å². The Kier molecular flexibility index (Phi) is 7.18. The van der Waals surface area contributed by atoms with Crippen molar-refractivity contribution in [1.29, 1.82) is 0 Å². The zero-order valence-electron chi connectivity index (χ0n) is 16.3. The molecule has 0 saturated heterocycles. The van der Waals surface area contributed by atoms with E-state index in [0.717, 1.165) is 16.8 Å². The number of hydrogen-bond acceptors (Lipinski definition) is 5. The molecule has 0 amide bonds. The minimum Gasteiger partial charge on any atom is -0.490 e. The van der Waals surface area contributed by atoms with Gasteiger partial charge in [0.2, 0.25) is 0 Å². The van der Waals surface area contributed by atoms with E-state index < -0.39 is 10.1 Å². The van der Waals surface area contributed by atoms with Gasteiger partial charge in [0.25, 0.3) is 0 Å². The lowest BCUT2D eigenvalue weighted by Gasteiger charge is -2.14. The fourth-order valence-electron chi connectivity index (χ4n) is 2.62. The van der Waals surface area contributed by atoms with Crippen LogP contribution in [0.1, 0.15) is 18.1 Å². The monoisotopic (exact) mass is 507 g/mol. The van der Waals surface area contributed by atoms with Crippen molar-refractivity contribution in [2.45, 2.75) is 18.7 Å². The van der Waals surface area contributed by atoms with Gasteiger partial charge in [0, 0.05) is 11.2 Å². The van der Waals surface area contributed by atoms with Crippen LogP contribution in [0.15, 0.2) is 75.0 Å². The number of aryl methyl sites for hydroxylation is 1. The van der Waals surface area contributed by atoms with E-state index in [-0.39, 0.29) is 16.4 Å². The lowest BCUT2D eigenvalue weighted by Crippen LogP contribution is -2.11. The SMILES string of the molecule is CCOc1cc(C=Nc2ccccc2C)cc(Br)c1OS(=O)(=O)c1ccc(Cl)cc1. The second kappa shape index (κ2) is 9.64. The molecule has 0 saturated carbocycles. The molecule has 3 aromatic rings. The lowest BCUT2D eigenvalue weighted by molar-refractivity contribution is 0.327. The molecule has 0 bridgehead atoms. The van der Waals surface area contributed by atoms with Crippen LogP contribution in [0.4, 0.5) is 5.69 Å². The summed E-state index contributed by atoms with van der Waals surface area (Å²) in [5, 5.41) is 0.433. The van der Waals surface area contributed by atoms with Crippen LogP contribution in [-0.2, 0) is 10.1 Å². The third-order valence-corrected chi connectivity index (χ3v) is 6.17. The molecule has 0 unspecified atom stereocenters. The van der Waals surface area contributed by atoms with Gasteiger partial charge in [-0.25, -0.2) is 0 Å². The van der Waals surface area contributed by atoms with Crippen LogP contribution in [-0.4, -0.2) is 21.2 Å². The summed E-state index contributed by atoms with van der Waals surface area (Å²) >= 11 is 9.23. The number of para-hydroxylation sites is 1. The quantitative estimate of drug-likeness (QED) is 0.276. The van der Waals surface area contributed by atoms with Gasteiger partial charge in [-0.3, -0.25) is 4.99 Å². The van der Waals surface area contributed by atoms with E-state index in [0.29, 0.717) is 16.1 Å². The maximum absolute atomic E-state index is 12.7. The van der Waals surface area contributed by atoms with Crippen molar-refractivity contribution in [2.75, 3.05) is 6.61 Å². The van der Waals surface area contributed by atoms with Gasteiger partial charge in [-0.05, 0) is 83.4 Å². The van der Waals surface area contributed by atoms with Gasteiger partial charge in [-0.15, -0.1) is 0 Å². The zero-order chi connectivity index (χ0) is 21.7. The third-order valence-electron chi connectivity index (χ3n) is 4.10. The standard InChI is InChI=1S/C22H19BrClNO4S/c1-3-28-21-13-16(14-25-20-7-5-4-6-15(20)2)12-19(23)22(21)29-30(26,27)18-10-8-17(24)9-11-18/h4-14H,3H2,1-2H3. The van der Waals surface area contributed by atoms with Crippen molar-refractivity contribution in [3.63, 3.8) is 0 Å². The van der Waals surface area contributed by atoms with Crippen LogP contribution in [0, 0.1) is 6.92 Å². The number of nitrogens with zero attached hydrogens (tertiary/aromatic N) is 1. The van der Waals surface area contributed by atoms with Gasteiger partial charge in [0.1, 0.15) is 4.90 Å². The van der Waals surface area contributed by atoms with Crippen LogP contribution in [0.5, 0.6) is 11.5 Å². The molecule has 8 heteroatoms. The minimum absolute atomic E-state index is 0.00793. The van der Waals surface area contributed by atoms with Crippen molar-refractivity contribution < 1.29 is 17.3 Å². The van der Waals surface area contributed by atoms with Crippen LogP contribution in [0.2, 0.25) is 5.02 Å². The smallest absolute Gasteiger partial charge is 0.339 e. The van der Waals surface area contributed by atoms with Crippen LogP contribution < -0.4 is 8.92 Å². The molecule has 0 aliphatic heterocycles. The molecule has 5 nitrogen and oxygen atoms in total. The average Bonchev–Trinajstić information content (AvgIpc) is 2.70. The highest BCUT2D eigenvalue weighted by molar-refractivity contribution is 9.10. The molecule has 0 atom stereocenters. The van der Waals surface area contributed by atoms with Crippen molar-refractivity contribution >= 4 is 49.6 Å². The summed E-state index contributed by atoms with van der Waals surface area (Å²) in [4.78, 5) is 4.50. The van der Waals surface area contributed by atoms with Crippen molar-refractivity contribution in [3.8, 4) is 11.5 Å². The Morgan fingerprint density at radius 3 is 2.47 bits per heavy atom. The fourth-order valence-corrected chi connectivity index (χ4v) is 4.35. The molecule has 30 heavy (non-hydrogen) atoms. The van der Waals surface area contributed by atoms with E-state index in [9.17, 15) is 8.42 Å². The molecular formula is C22H19BrClNO4S. The summed E-state index contributed by atoms with van der Waals surface area (Å²) in [6, 6.07) is 16.9. The van der Waals surface area contributed by atoms with Gasteiger partial charge in [0.15, 0.2) is 11.5 Å².